The van der Waals surface area contributed by atoms with E-state index in [1.807, 2.05) is 59.7 Å². The number of ether oxygens (including phenoxy) is 3. The summed E-state index contributed by atoms with van der Waals surface area (Å²) in [4.78, 5) is 113. The number of urea groups is 1. The van der Waals surface area contributed by atoms with Gasteiger partial charge in [0.25, 0.3) is 0 Å². The molecular weight excluding hydrogens is 1030 g/mol. The Hall–Kier alpha value is -6.32. The summed E-state index contributed by atoms with van der Waals surface area (Å²) in [6, 6.07) is 10.4. The Kier molecular flexibility index (Phi) is 27.9. The molecule has 0 radical (unpaired) electrons. The summed E-state index contributed by atoms with van der Waals surface area (Å²) in [6.07, 6.45) is -0.609. The van der Waals surface area contributed by atoms with E-state index in [9.17, 15) is 43.5 Å². The molecule has 3 rings (SSSR count). The molecule has 12 atom stereocenters. The molecule has 1 aliphatic heterocycles. The van der Waals surface area contributed by atoms with Gasteiger partial charge in [0.1, 0.15) is 24.7 Å². The number of likely N-dealkylation sites (N-methyl/N-ethyl adjacent to an activating group) is 2. The second kappa shape index (κ2) is 32.8. The number of amides is 9. The van der Waals surface area contributed by atoms with E-state index < -0.39 is 102 Å². The van der Waals surface area contributed by atoms with Gasteiger partial charge in [-0.1, -0.05) is 118 Å². The fourth-order valence-corrected chi connectivity index (χ4v) is 10.2. The maximum atomic E-state index is 14.7. The first-order valence-corrected chi connectivity index (χ1v) is 28.3. The number of hydrogen-bond acceptors (Lipinski definition) is 12. The number of aliphatic hydroxyl groups is 1. The van der Waals surface area contributed by atoms with Crippen LogP contribution in [-0.2, 0) is 49.6 Å². The smallest absolute Gasteiger partial charge is 0.410 e. The van der Waals surface area contributed by atoms with Crippen LogP contribution in [0.15, 0.2) is 54.6 Å². The molecule has 21 heteroatoms. The molecule has 0 spiro atoms. The van der Waals surface area contributed by atoms with Crippen molar-refractivity contribution < 1.29 is 57.7 Å². The van der Waals surface area contributed by atoms with Gasteiger partial charge >= 0.3 is 12.1 Å². The zero-order chi connectivity index (χ0) is 60.1. The lowest BCUT2D eigenvalue weighted by Gasteiger charge is -2.41. The number of benzene rings is 2. The first-order valence-electron chi connectivity index (χ1n) is 28.3. The third-order valence-corrected chi connectivity index (χ3v) is 15.7. The van der Waals surface area contributed by atoms with Crippen LogP contribution in [0.2, 0.25) is 0 Å². The Morgan fingerprint density at radius 2 is 1.38 bits per heavy atom. The molecule has 0 unspecified atom stereocenters. The molecule has 448 valence electrons. The number of likely N-dealkylation sites (tertiary alicyclic amines) is 1. The van der Waals surface area contributed by atoms with Gasteiger partial charge in [0.2, 0.25) is 35.4 Å². The molecule has 0 aromatic heterocycles. The lowest BCUT2D eigenvalue weighted by atomic mass is 9.89. The van der Waals surface area contributed by atoms with E-state index in [2.05, 4.69) is 26.6 Å². The zero-order valence-corrected chi connectivity index (χ0v) is 50.1. The molecule has 1 fully saturated rings. The fourth-order valence-electron chi connectivity index (χ4n) is 10.2. The lowest BCUT2D eigenvalue weighted by molar-refractivity contribution is -0.148. The van der Waals surface area contributed by atoms with E-state index in [-0.39, 0.29) is 61.5 Å². The molecule has 2 aromatic rings. The number of nitrogens with one attached hydrogen (secondary N) is 5. The number of rotatable bonds is 31. The van der Waals surface area contributed by atoms with E-state index in [4.69, 9.17) is 19.9 Å². The predicted octanol–water partition coefficient (Wildman–Crippen LogP) is 5.74. The highest BCUT2D eigenvalue weighted by Crippen LogP contribution is 2.30. The molecule has 2 aromatic carbocycles. The molecule has 8 N–H and O–H groups in total. The topological polar surface area (TPSA) is 280 Å². The van der Waals surface area contributed by atoms with Gasteiger partial charge in [-0.15, -0.1) is 0 Å². The SMILES string of the molecule is CC[C@H](C)[C@@H]([C@@H](CC(=O)N1CCC[C@H]1[C@H](OC)[C@@H](C)C(=O)N[C@H](C)[C@@H](O)c1ccccc1)OC)N(C)C(=O)[C@@H](NC(=O)[C@H](C(C)C)N(C)C(=O)OCc1ccc(NC(=O)[C@H](CCCNC(N)=O)NC(=O)[C@@H](C)C(C)C)cc1)C(C)C. The first-order chi connectivity index (χ1) is 37.7. The number of nitrogens with zero attached hydrogens (tertiary/aromatic N) is 3. The van der Waals surface area contributed by atoms with Crippen LogP contribution >= 0.6 is 0 Å². The molecule has 1 saturated heterocycles. The standard InChI is InChI=1S/C59H95N9O12/c1-16-37(8)50(46(78-14)32-47(69)68-31-21-25-45(68)52(79-15)39(10)54(72)62-40(11)51(70)42-22-18-17-19-23-42)66(12)57(75)48(35(4)5)65-56(74)49(36(6)7)67(13)59(77)80-33-41-26-28-43(29-27-41)63-55(73)44(24-20-30-61-58(60)76)64-53(71)38(9)34(2)3/h17-19,22-23,26-29,34-40,44-46,48-52,70H,16,20-21,24-25,30-33H2,1-15H3,(H,62,72)(H,63,73)(H,64,71)(H,65,74)(H3,60,61,76)/t37-,38-,39+,40+,44-,45-,46+,48-,49-,50-,51+,52+/m0/s1. The minimum atomic E-state index is -1.04. The van der Waals surface area contributed by atoms with Crippen molar-refractivity contribution in [1.82, 2.24) is 36.0 Å². The Bertz CT molecular complexity index is 2320. The van der Waals surface area contributed by atoms with Crippen molar-refractivity contribution in [3.63, 3.8) is 0 Å². The molecule has 1 aliphatic rings. The van der Waals surface area contributed by atoms with Crippen LogP contribution in [0.5, 0.6) is 0 Å². The maximum absolute atomic E-state index is 14.7. The van der Waals surface area contributed by atoms with Gasteiger partial charge < -0.3 is 61.4 Å². The van der Waals surface area contributed by atoms with Crippen molar-refractivity contribution in [3.05, 3.63) is 65.7 Å². The number of aliphatic hydroxyl groups excluding tert-OH is 1. The number of hydrogen-bond donors (Lipinski definition) is 7. The molecule has 21 nitrogen and oxygen atoms in total. The molecule has 0 aliphatic carbocycles. The van der Waals surface area contributed by atoms with Gasteiger partial charge in [-0.25, -0.2) is 9.59 Å². The number of anilines is 1. The van der Waals surface area contributed by atoms with E-state index in [1.165, 1.54) is 26.2 Å². The van der Waals surface area contributed by atoms with E-state index in [1.54, 1.807) is 87.9 Å². The summed E-state index contributed by atoms with van der Waals surface area (Å²) in [7, 11) is 6.14. The quantitative estimate of drug-likeness (QED) is 0.0445. The average molecular weight is 1120 g/mol. The predicted molar refractivity (Wildman–Crippen MR) is 306 cm³/mol. The molecule has 9 amide bonds. The van der Waals surface area contributed by atoms with Gasteiger partial charge in [-0.2, -0.15) is 0 Å². The van der Waals surface area contributed by atoms with Crippen molar-refractivity contribution in [2.75, 3.05) is 46.7 Å². The van der Waals surface area contributed by atoms with Crippen LogP contribution in [0.4, 0.5) is 15.3 Å². The minimum absolute atomic E-state index is 0.0484. The minimum Gasteiger partial charge on any atom is -0.445 e. The Labute approximate surface area is 474 Å². The molecular formula is C59H95N9O12. The van der Waals surface area contributed by atoms with Gasteiger partial charge in [-0.3, -0.25) is 33.7 Å². The zero-order valence-electron chi connectivity index (χ0n) is 50.1. The third kappa shape index (κ3) is 19.5. The highest BCUT2D eigenvalue weighted by atomic mass is 16.6. The second-order valence-electron chi connectivity index (χ2n) is 22.5. The highest BCUT2D eigenvalue weighted by Gasteiger charge is 2.44. The molecule has 1 heterocycles. The van der Waals surface area contributed by atoms with Gasteiger partial charge in [0.05, 0.1) is 48.8 Å². The fraction of sp³-hybridized carbons (Fsp3) is 0.661. The lowest BCUT2D eigenvalue weighted by Crippen LogP contribution is -2.60. The van der Waals surface area contributed by atoms with Crippen LogP contribution < -0.4 is 32.3 Å². The molecule has 0 saturated carbocycles. The van der Waals surface area contributed by atoms with E-state index >= 15 is 0 Å². The van der Waals surface area contributed by atoms with Gasteiger partial charge in [0, 0.05) is 53.0 Å². The van der Waals surface area contributed by atoms with Crippen molar-refractivity contribution >= 4 is 53.3 Å². The summed E-state index contributed by atoms with van der Waals surface area (Å²) in [6.45, 7) is 20.8. The molecule has 0 bridgehead atoms. The monoisotopic (exact) mass is 1120 g/mol. The highest BCUT2D eigenvalue weighted by molar-refractivity contribution is 5.97. The van der Waals surface area contributed by atoms with Gasteiger partial charge in [0.15, 0.2) is 0 Å². The third-order valence-electron chi connectivity index (χ3n) is 15.7. The summed E-state index contributed by atoms with van der Waals surface area (Å²) in [5, 5.41) is 25.0. The van der Waals surface area contributed by atoms with Crippen LogP contribution in [0, 0.1) is 35.5 Å². The van der Waals surface area contributed by atoms with Crippen molar-refractivity contribution in [1.29, 1.82) is 0 Å². The normalized spacial score (nSPS) is 17.6. The number of carbonyl (C=O) groups excluding carboxylic acids is 8. The maximum Gasteiger partial charge on any atom is 0.410 e. The van der Waals surface area contributed by atoms with E-state index in [0.29, 0.717) is 49.0 Å². The average Bonchev–Trinajstić information content (AvgIpc) is 3.91. The summed E-state index contributed by atoms with van der Waals surface area (Å²) in [5.41, 5.74) is 6.87. The Balaban J connectivity index is 1.70. The molecule has 80 heavy (non-hydrogen) atoms. The Morgan fingerprint density at radius 3 is 1.93 bits per heavy atom. The van der Waals surface area contributed by atoms with Crippen molar-refractivity contribution in [2.24, 2.45) is 41.2 Å². The number of primary amides is 1. The van der Waals surface area contributed by atoms with Gasteiger partial charge in [-0.05, 0) is 79.5 Å². The number of nitrogens with two attached hydrogens (primary N) is 1. The number of carbonyl (C=O) groups is 8. The van der Waals surface area contributed by atoms with Crippen LogP contribution in [0.1, 0.15) is 132 Å². The second-order valence-corrected chi connectivity index (χ2v) is 22.5. The van der Waals surface area contributed by atoms with Crippen molar-refractivity contribution in [2.45, 2.75) is 176 Å². The summed E-state index contributed by atoms with van der Waals surface area (Å²) >= 11 is 0. The largest absolute Gasteiger partial charge is 0.445 e. The van der Waals surface area contributed by atoms with Crippen LogP contribution in [0.3, 0.4) is 0 Å². The Morgan fingerprint density at radius 1 is 0.750 bits per heavy atom. The first kappa shape index (κ1) is 68.0. The van der Waals surface area contributed by atoms with Crippen LogP contribution in [0.25, 0.3) is 0 Å². The summed E-state index contributed by atoms with van der Waals surface area (Å²) < 4.78 is 17.7. The number of methoxy groups -OCH3 is 2. The summed E-state index contributed by atoms with van der Waals surface area (Å²) in [5.74, 6) is -4.12. The van der Waals surface area contributed by atoms with Crippen molar-refractivity contribution in [3.8, 4) is 0 Å². The van der Waals surface area contributed by atoms with E-state index in [0.717, 1.165) is 0 Å². The van der Waals surface area contributed by atoms with Crippen LogP contribution in [-0.4, -0.2) is 157 Å².